The average Bonchev–Trinajstić information content (AvgIpc) is 1.35. The fraction of sp³-hybridized carbons (Fsp3) is 0. The summed E-state index contributed by atoms with van der Waals surface area (Å²) in [6.07, 6.45) is 0. The Morgan fingerprint density at radius 3 is 2.33 bits per heavy atom. The third-order valence-corrected chi connectivity index (χ3v) is 1.46. The Labute approximate surface area is 52.9 Å². The van der Waals surface area contributed by atoms with Gasteiger partial charge in [0.25, 0.3) is 0 Å². The van der Waals surface area contributed by atoms with Crippen molar-refractivity contribution in [3.05, 3.63) is 0 Å². The molecule has 0 aromatic rings. The molecule has 0 unspecified atom stereocenters. The Kier molecular flexibility index (Phi) is 4.13. The molecule has 0 aliphatic rings. The van der Waals surface area contributed by atoms with Crippen LogP contribution in [0.2, 0.25) is 0 Å². The van der Waals surface area contributed by atoms with Gasteiger partial charge in [0.05, 0.1) is 0 Å². The number of carbonyl (C=O) groups is 1. The summed E-state index contributed by atoms with van der Waals surface area (Å²) in [5.41, 5.74) is 0. The van der Waals surface area contributed by atoms with E-state index in [9.17, 15) is 9.59 Å². The molecule has 4 heteroatoms. The molecule has 0 aliphatic carbocycles. The SMILES string of the molecule is O=[C][Ru][C](=O)[Rh]. The second kappa shape index (κ2) is 3.77. The van der Waals surface area contributed by atoms with Gasteiger partial charge in [-0.25, -0.2) is 0 Å². The summed E-state index contributed by atoms with van der Waals surface area (Å²) >= 11 is 1.31. The van der Waals surface area contributed by atoms with Crippen molar-refractivity contribution in [1.82, 2.24) is 0 Å². The molecule has 6 heavy (non-hydrogen) atoms. The van der Waals surface area contributed by atoms with Crippen LogP contribution < -0.4 is 0 Å². The van der Waals surface area contributed by atoms with E-state index in [2.05, 4.69) is 18.3 Å². The predicted molar refractivity (Wildman–Crippen MR) is 11.1 cm³/mol. The Hall–Kier alpha value is 0.587. The van der Waals surface area contributed by atoms with Crippen LogP contribution in [-0.4, -0.2) is 7.85 Å². The Morgan fingerprint density at radius 1 is 1.83 bits per heavy atom. The Morgan fingerprint density at radius 2 is 2.33 bits per heavy atom. The minimum atomic E-state index is -0.778. The Bertz CT molecular complexity index is 71.9. The van der Waals surface area contributed by atoms with E-state index in [1.54, 1.807) is 0 Å². The van der Waals surface area contributed by atoms with Gasteiger partial charge in [-0.1, -0.05) is 0 Å². The average molecular weight is 260 g/mol. The van der Waals surface area contributed by atoms with Gasteiger partial charge in [0.15, 0.2) is 0 Å². The minimum absolute atomic E-state index is 0.154. The van der Waals surface area contributed by atoms with E-state index >= 15 is 0 Å². The van der Waals surface area contributed by atoms with E-state index in [0.717, 1.165) is 0 Å². The first kappa shape index (κ1) is 6.59. The zero-order chi connectivity index (χ0) is 4.99. The molecule has 0 rings (SSSR count). The molecule has 0 fully saturated rings. The van der Waals surface area contributed by atoms with Crippen molar-refractivity contribution >= 4 is 7.85 Å². The molecule has 1 radical (unpaired) electrons. The van der Waals surface area contributed by atoms with Gasteiger partial charge in [-0.3, -0.25) is 0 Å². The van der Waals surface area contributed by atoms with Crippen molar-refractivity contribution in [2.24, 2.45) is 0 Å². The third-order valence-electron chi connectivity index (χ3n) is 0.102. The van der Waals surface area contributed by atoms with E-state index in [1.165, 1.54) is 4.88 Å². The van der Waals surface area contributed by atoms with Crippen molar-refractivity contribution in [3.8, 4) is 0 Å². The maximum atomic E-state index is 9.77. The normalized spacial score (nSPS) is 8.33. The van der Waals surface area contributed by atoms with E-state index < -0.39 is 17.1 Å². The summed E-state index contributed by atoms with van der Waals surface area (Å²) in [7, 11) is 0. The molecule has 0 aromatic heterocycles. The van der Waals surface area contributed by atoms with Crippen LogP contribution >= 0.6 is 0 Å². The zero-order valence-corrected chi connectivity index (χ0v) is 5.88. The summed E-state index contributed by atoms with van der Waals surface area (Å²) in [5, 5.41) is 0. The van der Waals surface area contributed by atoms with Crippen molar-refractivity contribution in [2.45, 2.75) is 0 Å². The summed E-state index contributed by atoms with van der Waals surface area (Å²) in [4.78, 5) is 20.6. The first-order chi connectivity index (χ1) is 2.77. The molecule has 0 aliphatic heterocycles. The molecule has 2 nitrogen and oxygen atoms in total. The van der Waals surface area contributed by atoms with Gasteiger partial charge in [0.2, 0.25) is 0 Å². The summed E-state index contributed by atoms with van der Waals surface area (Å²) in [5.74, 6) is 0. The summed E-state index contributed by atoms with van der Waals surface area (Å²) < 4.78 is -0.154. The molecule has 0 atom stereocenters. The molecule has 37 valence electrons. The standard InChI is InChI=1S/2CO.Rh.Ru/c2*1-2;;. The van der Waals surface area contributed by atoms with Crippen LogP contribution in [0.25, 0.3) is 0 Å². The molecular weight excluding hydrogens is 260 g/mol. The van der Waals surface area contributed by atoms with Crippen LogP contribution in [0.5, 0.6) is 0 Å². The van der Waals surface area contributed by atoms with Gasteiger partial charge in [-0.05, 0) is 0 Å². The van der Waals surface area contributed by atoms with Crippen LogP contribution in [0.4, 0.5) is 4.79 Å². The van der Waals surface area contributed by atoms with Gasteiger partial charge in [-0.15, -0.1) is 0 Å². The summed E-state index contributed by atoms with van der Waals surface area (Å²) in [6.45, 7) is 0. The van der Waals surface area contributed by atoms with Crippen molar-refractivity contribution in [1.29, 1.82) is 0 Å². The molecule has 0 saturated heterocycles. The number of hydrogen-bond donors (Lipinski definition) is 0. The first-order valence-corrected chi connectivity index (χ1v) is 3.49. The second-order valence-corrected chi connectivity index (χ2v) is 3.84. The number of carbonyl (C=O) groups excluding carboxylic acids is 2. The molecule has 0 amide bonds. The Balaban J connectivity index is 3.05. The number of hydrogen-bond acceptors (Lipinski definition) is 2. The van der Waals surface area contributed by atoms with Gasteiger partial charge in [0.1, 0.15) is 0 Å². The topological polar surface area (TPSA) is 34.1 Å². The quantitative estimate of drug-likeness (QED) is 0.644. The van der Waals surface area contributed by atoms with Crippen LogP contribution in [0, 0.1) is 0 Å². The van der Waals surface area contributed by atoms with Crippen LogP contribution in [-0.2, 0) is 40.2 Å². The molecule has 0 N–H and O–H groups in total. The van der Waals surface area contributed by atoms with E-state index in [0.29, 0.717) is 0 Å². The number of rotatable bonds is 2. The third kappa shape index (κ3) is 4.59. The van der Waals surface area contributed by atoms with Crippen molar-refractivity contribution in [3.63, 3.8) is 0 Å². The predicted octanol–water partition coefficient (Wildman–Crippen LogP) is -0.197. The van der Waals surface area contributed by atoms with Crippen LogP contribution in [0.15, 0.2) is 0 Å². The summed E-state index contributed by atoms with van der Waals surface area (Å²) in [6, 6.07) is 0. The van der Waals surface area contributed by atoms with Gasteiger partial charge >= 0.3 is 52.9 Å². The fourth-order valence-corrected chi connectivity index (χ4v) is 0.508. The molecule has 0 spiro atoms. The maximum absolute atomic E-state index is 9.77. The fourth-order valence-electron chi connectivity index (χ4n) is 0.0268. The van der Waals surface area contributed by atoms with Gasteiger partial charge in [0, 0.05) is 0 Å². The van der Waals surface area contributed by atoms with E-state index in [1.807, 2.05) is 0 Å². The second-order valence-electron chi connectivity index (χ2n) is 0.360. The van der Waals surface area contributed by atoms with Crippen LogP contribution in [0.1, 0.15) is 0 Å². The van der Waals surface area contributed by atoms with Crippen LogP contribution in [0.3, 0.4) is 0 Å². The molecule has 0 bridgehead atoms. The monoisotopic (exact) mass is 261 g/mol. The zero-order valence-electron chi connectivity index (χ0n) is 2.50. The van der Waals surface area contributed by atoms with E-state index in [-0.39, 0.29) is 2.97 Å². The molecule has 0 saturated carbocycles. The van der Waals surface area contributed by atoms with E-state index in [4.69, 9.17) is 0 Å². The molecule has 0 heterocycles. The molecule has 0 aromatic carbocycles. The van der Waals surface area contributed by atoms with Crippen molar-refractivity contribution < 1.29 is 45.0 Å². The first-order valence-electron chi connectivity index (χ1n) is 0.928. The van der Waals surface area contributed by atoms with Gasteiger partial charge in [-0.2, -0.15) is 0 Å². The molecular formula is C2O2RhRu. The van der Waals surface area contributed by atoms with Crippen molar-refractivity contribution in [2.75, 3.05) is 0 Å². The van der Waals surface area contributed by atoms with Gasteiger partial charge < -0.3 is 0 Å².